The molecule has 5 nitrogen and oxygen atoms in total. The number of carbonyl (C=O) groups is 2. The normalized spacial score (nSPS) is 11.7. The highest BCUT2D eigenvalue weighted by Crippen LogP contribution is 1.98. The van der Waals surface area contributed by atoms with Gasteiger partial charge in [0.2, 0.25) is 0 Å². The van der Waals surface area contributed by atoms with E-state index in [1.54, 1.807) is 20.9 Å². The number of esters is 1. The van der Waals surface area contributed by atoms with Crippen LogP contribution in [0.1, 0.15) is 13.8 Å². The first-order valence-electron chi connectivity index (χ1n) is 4.15. The number of hydrogen-bond acceptors (Lipinski definition) is 3. The van der Waals surface area contributed by atoms with Crippen LogP contribution < -0.4 is 5.32 Å². The first-order chi connectivity index (χ1) is 6.04. The second-order valence-electron chi connectivity index (χ2n) is 2.59. The second kappa shape index (κ2) is 5.40. The van der Waals surface area contributed by atoms with Crippen LogP contribution in [0.25, 0.3) is 0 Å². The van der Waals surface area contributed by atoms with Crippen molar-refractivity contribution in [3.05, 3.63) is 0 Å². The summed E-state index contributed by atoms with van der Waals surface area (Å²) in [5.41, 5.74) is 0. The van der Waals surface area contributed by atoms with Gasteiger partial charge in [0.15, 0.2) is 0 Å². The van der Waals surface area contributed by atoms with Gasteiger partial charge in [-0.2, -0.15) is 0 Å². The van der Waals surface area contributed by atoms with Crippen LogP contribution in [0.2, 0.25) is 0 Å². The van der Waals surface area contributed by atoms with Crippen molar-refractivity contribution in [1.29, 1.82) is 0 Å². The molecule has 0 radical (unpaired) electrons. The summed E-state index contributed by atoms with van der Waals surface area (Å²) in [5, 5.41) is 2.42. The molecule has 0 fully saturated rings. The van der Waals surface area contributed by atoms with E-state index in [4.69, 9.17) is 4.74 Å². The highest BCUT2D eigenvalue weighted by Gasteiger charge is 2.22. The van der Waals surface area contributed by atoms with Gasteiger partial charge in [0.1, 0.15) is 6.04 Å². The Hall–Kier alpha value is -1.26. The lowest BCUT2D eigenvalue weighted by Gasteiger charge is -2.22. The molecule has 2 amide bonds. The quantitative estimate of drug-likeness (QED) is 0.644. The van der Waals surface area contributed by atoms with E-state index >= 15 is 0 Å². The van der Waals surface area contributed by atoms with E-state index in [0.29, 0.717) is 6.61 Å². The fourth-order valence-corrected chi connectivity index (χ4v) is 0.773. The van der Waals surface area contributed by atoms with Crippen molar-refractivity contribution < 1.29 is 14.3 Å². The van der Waals surface area contributed by atoms with Crippen molar-refractivity contribution in [2.45, 2.75) is 19.9 Å². The molecule has 0 aromatic carbocycles. The fraction of sp³-hybridized carbons (Fsp3) is 0.750. The molecule has 0 aromatic rings. The Bertz CT molecular complexity index is 194. The molecular weight excluding hydrogens is 172 g/mol. The first kappa shape index (κ1) is 11.7. The summed E-state index contributed by atoms with van der Waals surface area (Å²) < 4.78 is 4.76. The predicted octanol–water partition coefficient (Wildman–Crippen LogP) is 0.209. The topological polar surface area (TPSA) is 58.6 Å². The molecular formula is C8H16N2O3. The monoisotopic (exact) mass is 188 g/mol. The van der Waals surface area contributed by atoms with Gasteiger partial charge in [-0.3, -0.25) is 0 Å². The molecule has 0 saturated heterocycles. The van der Waals surface area contributed by atoms with Crippen molar-refractivity contribution in [3.63, 3.8) is 0 Å². The van der Waals surface area contributed by atoms with Crippen LogP contribution in [0.5, 0.6) is 0 Å². The van der Waals surface area contributed by atoms with Gasteiger partial charge in [0.05, 0.1) is 6.61 Å². The Morgan fingerprint density at radius 3 is 2.46 bits per heavy atom. The minimum Gasteiger partial charge on any atom is -0.464 e. The average Bonchev–Trinajstić information content (AvgIpc) is 2.14. The van der Waals surface area contributed by atoms with Crippen LogP contribution in [0.4, 0.5) is 4.79 Å². The first-order valence-corrected chi connectivity index (χ1v) is 4.15. The summed E-state index contributed by atoms with van der Waals surface area (Å²) >= 11 is 0. The van der Waals surface area contributed by atoms with Crippen molar-refractivity contribution in [1.82, 2.24) is 10.2 Å². The molecule has 1 atom stereocenters. The van der Waals surface area contributed by atoms with Crippen LogP contribution in [0.15, 0.2) is 0 Å². The van der Waals surface area contributed by atoms with Crippen molar-refractivity contribution in [2.75, 3.05) is 20.7 Å². The third-order valence-corrected chi connectivity index (χ3v) is 1.74. The number of ether oxygens (including phenoxy) is 1. The van der Waals surface area contributed by atoms with E-state index in [-0.39, 0.29) is 6.03 Å². The van der Waals surface area contributed by atoms with Crippen LogP contribution in [0.3, 0.4) is 0 Å². The van der Waals surface area contributed by atoms with Gasteiger partial charge < -0.3 is 15.0 Å². The van der Waals surface area contributed by atoms with E-state index in [1.807, 2.05) is 0 Å². The highest BCUT2D eigenvalue weighted by molar-refractivity contribution is 5.82. The zero-order valence-electron chi connectivity index (χ0n) is 8.46. The maximum Gasteiger partial charge on any atom is 0.328 e. The van der Waals surface area contributed by atoms with Gasteiger partial charge in [-0.15, -0.1) is 0 Å². The third-order valence-electron chi connectivity index (χ3n) is 1.74. The van der Waals surface area contributed by atoms with Crippen LogP contribution in [-0.2, 0) is 9.53 Å². The Kier molecular flexibility index (Phi) is 4.87. The number of carbonyl (C=O) groups excluding carboxylic acids is 2. The summed E-state index contributed by atoms with van der Waals surface area (Å²) in [5.74, 6) is -0.395. The Balaban J connectivity index is 4.16. The standard InChI is InChI=1S/C8H16N2O3/c1-5-13-7(11)6(2)10(4)8(12)9-3/h6H,5H2,1-4H3,(H,9,12). The number of urea groups is 1. The largest absolute Gasteiger partial charge is 0.464 e. The van der Waals surface area contributed by atoms with Crippen LogP contribution in [-0.4, -0.2) is 43.6 Å². The molecule has 0 spiro atoms. The molecule has 5 heteroatoms. The molecule has 0 aliphatic rings. The van der Waals surface area contributed by atoms with Crippen molar-refractivity contribution in [3.8, 4) is 0 Å². The summed E-state index contributed by atoms with van der Waals surface area (Å²) in [6.07, 6.45) is 0. The van der Waals surface area contributed by atoms with E-state index in [2.05, 4.69) is 5.32 Å². The summed E-state index contributed by atoms with van der Waals surface area (Å²) in [6.45, 7) is 3.67. The zero-order valence-corrected chi connectivity index (χ0v) is 8.46. The second-order valence-corrected chi connectivity index (χ2v) is 2.59. The van der Waals surface area contributed by atoms with Gasteiger partial charge in [0, 0.05) is 14.1 Å². The Morgan fingerprint density at radius 2 is 2.08 bits per heavy atom. The molecule has 13 heavy (non-hydrogen) atoms. The van der Waals surface area contributed by atoms with Gasteiger partial charge >= 0.3 is 12.0 Å². The fourth-order valence-electron chi connectivity index (χ4n) is 0.773. The molecule has 0 rings (SSSR count). The average molecular weight is 188 g/mol. The molecule has 76 valence electrons. The number of nitrogens with zero attached hydrogens (tertiary/aromatic N) is 1. The molecule has 0 heterocycles. The number of amides is 2. The lowest BCUT2D eigenvalue weighted by molar-refractivity contribution is -0.147. The minimum atomic E-state index is -0.556. The number of hydrogen-bond donors (Lipinski definition) is 1. The van der Waals surface area contributed by atoms with E-state index < -0.39 is 12.0 Å². The summed E-state index contributed by atoms with van der Waals surface area (Å²) in [4.78, 5) is 23.5. The van der Waals surface area contributed by atoms with E-state index in [0.717, 1.165) is 0 Å². The Labute approximate surface area is 78.0 Å². The van der Waals surface area contributed by atoms with Gasteiger partial charge in [0.25, 0.3) is 0 Å². The maximum atomic E-state index is 11.2. The van der Waals surface area contributed by atoms with Crippen LogP contribution in [0, 0.1) is 0 Å². The lowest BCUT2D eigenvalue weighted by atomic mass is 10.3. The Morgan fingerprint density at radius 1 is 1.54 bits per heavy atom. The van der Waals surface area contributed by atoms with Gasteiger partial charge in [-0.05, 0) is 13.8 Å². The number of nitrogens with one attached hydrogen (secondary N) is 1. The van der Waals surface area contributed by atoms with Crippen molar-refractivity contribution >= 4 is 12.0 Å². The molecule has 1 N–H and O–H groups in total. The molecule has 0 saturated carbocycles. The molecule has 1 unspecified atom stereocenters. The molecule has 0 aliphatic carbocycles. The SMILES string of the molecule is CCOC(=O)C(C)N(C)C(=O)NC. The zero-order chi connectivity index (χ0) is 10.4. The summed E-state index contributed by atoms with van der Waals surface area (Å²) in [7, 11) is 3.05. The number of rotatable bonds is 3. The molecule has 0 aromatic heterocycles. The third kappa shape index (κ3) is 3.31. The maximum absolute atomic E-state index is 11.2. The van der Waals surface area contributed by atoms with Crippen molar-refractivity contribution in [2.24, 2.45) is 0 Å². The minimum absolute atomic E-state index is 0.305. The molecule has 0 aliphatic heterocycles. The molecule has 0 bridgehead atoms. The van der Waals surface area contributed by atoms with E-state index in [9.17, 15) is 9.59 Å². The summed E-state index contributed by atoms with van der Waals surface area (Å²) in [6, 6.07) is -0.861. The lowest BCUT2D eigenvalue weighted by Crippen LogP contribution is -2.45. The van der Waals surface area contributed by atoms with E-state index in [1.165, 1.54) is 11.9 Å². The smallest absolute Gasteiger partial charge is 0.328 e. The number of likely N-dealkylation sites (N-methyl/N-ethyl adjacent to an activating group) is 1. The van der Waals surface area contributed by atoms with Crippen LogP contribution >= 0.6 is 0 Å². The van der Waals surface area contributed by atoms with Gasteiger partial charge in [-0.25, -0.2) is 9.59 Å². The predicted molar refractivity (Wildman–Crippen MR) is 48.3 cm³/mol. The highest BCUT2D eigenvalue weighted by atomic mass is 16.5. The van der Waals surface area contributed by atoms with Gasteiger partial charge in [-0.1, -0.05) is 0 Å².